The van der Waals surface area contributed by atoms with Gasteiger partial charge in [-0.15, -0.1) is 0 Å². The smallest absolute Gasteiger partial charge is 0.368 e. The van der Waals surface area contributed by atoms with Gasteiger partial charge in [0, 0.05) is 23.6 Å². The van der Waals surface area contributed by atoms with Gasteiger partial charge in [0.25, 0.3) is 11.6 Å². The maximum atomic E-state index is 13.0. The van der Waals surface area contributed by atoms with E-state index in [1.807, 2.05) is 5.32 Å². The summed E-state index contributed by atoms with van der Waals surface area (Å²) in [5.74, 6) is -2.64. The third-order valence-electron chi connectivity index (χ3n) is 4.11. The molecular weight excluding hydrogens is 436 g/mol. The molecule has 0 saturated carbocycles. The van der Waals surface area contributed by atoms with Crippen molar-refractivity contribution in [2.75, 3.05) is 0 Å². The molecule has 0 saturated heterocycles. The lowest BCUT2D eigenvalue weighted by atomic mass is 10.0. The van der Waals surface area contributed by atoms with Gasteiger partial charge in [0.2, 0.25) is 5.91 Å². The van der Waals surface area contributed by atoms with E-state index in [0.717, 1.165) is 6.07 Å². The van der Waals surface area contributed by atoms with E-state index in [-0.39, 0.29) is 23.8 Å². The Labute approximate surface area is 170 Å². The molecule has 2 rings (SSSR count). The number of alkyl halides is 6. The first-order valence-corrected chi connectivity index (χ1v) is 8.32. The number of para-hydroxylation sites is 1. The minimum atomic E-state index is -5.18. The van der Waals surface area contributed by atoms with E-state index in [2.05, 4.69) is 0 Å². The van der Waals surface area contributed by atoms with Crippen molar-refractivity contribution in [2.45, 2.75) is 24.8 Å². The highest BCUT2D eigenvalue weighted by atomic mass is 19.4. The Kier molecular flexibility index (Phi) is 6.57. The van der Waals surface area contributed by atoms with E-state index in [9.17, 15) is 46.0 Å². The summed E-state index contributed by atoms with van der Waals surface area (Å²) in [6.07, 6.45) is -10.9. The molecule has 0 spiro atoms. The van der Waals surface area contributed by atoms with Gasteiger partial charge in [-0.2, -0.15) is 26.3 Å². The highest BCUT2D eigenvalue weighted by Crippen LogP contribution is 2.36. The van der Waals surface area contributed by atoms with Gasteiger partial charge in [-0.3, -0.25) is 19.7 Å². The van der Waals surface area contributed by atoms with Crippen molar-refractivity contribution >= 4 is 17.5 Å². The Morgan fingerprint density at radius 3 is 1.97 bits per heavy atom. The van der Waals surface area contributed by atoms with Crippen LogP contribution in [0.15, 0.2) is 42.5 Å². The predicted molar refractivity (Wildman–Crippen MR) is 93.7 cm³/mol. The quantitative estimate of drug-likeness (QED) is 0.399. The molecular formula is C18H13F6N3O4. The molecule has 0 heterocycles. The van der Waals surface area contributed by atoms with Gasteiger partial charge in [0.1, 0.15) is 6.04 Å². The van der Waals surface area contributed by atoms with Crippen molar-refractivity contribution in [1.29, 1.82) is 0 Å². The minimum Gasteiger partial charge on any atom is -0.368 e. The number of carbonyl (C=O) groups is 2. The Balaban J connectivity index is 2.39. The molecule has 1 atom stereocenters. The van der Waals surface area contributed by atoms with Crippen molar-refractivity contribution in [3.05, 3.63) is 74.8 Å². The van der Waals surface area contributed by atoms with Gasteiger partial charge < -0.3 is 11.1 Å². The third kappa shape index (κ3) is 5.93. The zero-order chi connectivity index (χ0) is 23.6. The average molecular weight is 449 g/mol. The Bertz CT molecular complexity index is 988. The molecule has 13 heteroatoms. The largest absolute Gasteiger partial charge is 0.416 e. The summed E-state index contributed by atoms with van der Waals surface area (Å²) in [5, 5.41) is 13.0. The third-order valence-corrected chi connectivity index (χ3v) is 4.11. The number of hydrogen-bond acceptors (Lipinski definition) is 4. The summed E-state index contributed by atoms with van der Waals surface area (Å²) in [6, 6.07) is 3.67. The van der Waals surface area contributed by atoms with Gasteiger partial charge in [-0.25, -0.2) is 0 Å². The molecule has 0 aliphatic heterocycles. The summed E-state index contributed by atoms with van der Waals surface area (Å²) < 4.78 is 77.8. The van der Waals surface area contributed by atoms with Crippen LogP contribution in [0, 0.1) is 10.1 Å². The first-order valence-electron chi connectivity index (χ1n) is 8.32. The molecule has 7 nitrogen and oxygen atoms in total. The number of nitrogens with two attached hydrogens (primary N) is 1. The molecule has 0 unspecified atom stereocenters. The lowest BCUT2D eigenvalue weighted by Gasteiger charge is -2.18. The van der Waals surface area contributed by atoms with Gasteiger partial charge >= 0.3 is 12.4 Å². The number of carbonyl (C=O) groups excluding carboxylic acids is 2. The van der Waals surface area contributed by atoms with Crippen LogP contribution in [0.5, 0.6) is 0 Å². The fraction of sp³-hybridized carbons (Fsp3) is 0.222. The van der Waals surface area contributed by atoms with Gasteiger partial charge in [-0.1, -0.05) is 18.2 Å². The molecule has 0 aromatic heterocycles. The molecule has 0 fully saturated rings. The van der Waals surface area contributed by atoms with E-state index in [4.69, 9.17) is 5.73 Å². The molecule has 2 amide bonds. The Hall–Kier alpha value is -3.64. The van der Waals surface area contributed by atoms with E-state index in [0.29, 0.717) is 0 Å². The zero-order valence-electron chi connectivity index (χ0n) is 15.3. The molecule has 0 bridgehead atoms. The van der Waals surface area contributed by atoms with Crippen molar-refractivity contribution in [3.8, 4) is 0 Å². The number of rotatable bonds is 6. The summed E-state index contributed by atoms with van der Waals surface area (Å²) in [4.78, 5) is 34.3. The van der Waals surface area contributed by atoms with Crippen LogP contribution < -0.4 is 11.1 Å². The molecule has 2 aromatic rings. The van der Waals surface area contributed by atoms with Crippen molar-refractivity contribution in [1.82, 2.24) is 5.32 Å². The zero-order valence-corrected chi connectivity index (χ0v) is 15.3. The van der Waals surface area contributed by atoms with Gasteiger partial charge in [-0.05, 0) is 18.2 Å². The van der Waals surface area contributed by atoms with E-state index in [1.54, 1.807) is 0 Å². The number of nitro groups is 1. The number of nitrogens with zero attached hydrogens (tertiary/aromatic N) is 1. The second-order valence-electron chi connectivity index (χ2n) is 6.31. The molecule has 31 heavy (non-hydrogen) atoms. The standard InChI is InChI=1S/C18H13F6N3O4/c19-17(20,21)11-5-10(6-12(8-11)18(22,23)24)16(29)26-13(15(25)28)7-9-3-1-2-4-14(9)27(30)31/h1-6,8,13H,7H2,(H2,25,28)(H,26,29)/t13-/m1/s1. The van der Waals surface area contributed by atoms with Crippen LogP contribution in [0.3, 0.4) is 0 Å². The summed E-state index contributed by atoms with van der Waals surface area (Å²) in [5.41, 5.74) is 0.247. The van der Waals surface area contributed by atoms with Crippen LogP contribution >= 0.6 is 0 Å². The number of primary amides is 1. The Morgan fingerprint density at radius 1 is 1.00 bits per heavy atom. The minimum absolute atomic E-state index is 0.0309. The topological polar surface area (TPSA) is 115 Å². The lowest BCUT2D eigenvalue weighted by molar-refractivity contribution is -0.385. The van der Waals surface area contributed by atoms with Crippen LogP contribution in [0.25, 0.3) is 0 Å². The first kappa shape index (κ1) is 23.6. The van der Waals surface area contributed by atoms with E-state index in [1.165, 1.54) is 18.2 Å². The number of nitro benzene ring substituents is 1. The molecule has 166 valence electrons. The van der Waals surface area contributed by atoms with Gasteiger partial charge in [0.15, 0.2) is 0 Å². The maximum Gasteiger partial charge on any atom is 0.416 e. The fourth-order valence-corrected chi connectivity index (χ4v) is 2.63. The van der Waals surface area contributed by atoms with Crippen LogP contribution in [-0.4, -0.2) is 22.8 Å². The van der Waals surface area contributed by atoms with Gasteiger partial charge in [0.05, 0.1) is 16.1 Å². The maximum absolute atomic E-state index is 13.0. The molecule has 2 aromatic carbocycles. The molecule has 0 aliphatic carbocycles. The van der Waals surface area contributed by atoms with Crippen molar-refractivity contribution in [2.24, 2.45) is 5.73 Å². The Morgan fingerprint density at radius 2 is 1.52 bits per heavy atom. The summed E-state index contributed by atoms with van der Waals surface area (Å²) in [7, 11) is 0. The number of nitrogens with one attached hydrogen (secondary N) is 1. The fourth-order valence-electron chi connectivity index (χ4n) is 2.63. The van der Waals surface area contributed by atoms with E-state index >= 15 is 0 Å². The van der Waals surface area contributed by atoms with Crippen LogP contribution in [-0.2, 0) is 23.6 Å². The van der Waals surface area contributed by atoms with Crippen LogP contribution in [0.4, 0.5) is 32.0 Å². The van der Waals surface area contributed by atoms with Crippen LogP contribution in [0.1, 0.15) is 27.0 Å². The number of amides is 2. The van der Waals surface area contributed by atoms with Crippen molar-refractivity contribution in [3.63, 3.8) is 0 Å². The highest BCUT2D eigenvalue weighted by Gasteiger charge is 2.37. The normalized spacial score (nSPS) is 12.8. The number of benzene rings is 2. The average Bonchev–Trinajstić information content (AvgIpc) is 2.65. The molecule has 0 aliphatic rings. The van der Waals surface area contributed by atoms with E-state index < -0.39 is 63.9 Å². The molecule has 0 radical (unpaired) electrons. The number of halogens is 6. The second-order valence-corrected chi connectivity index (χ2v) is 6.31. The molecule has 3 N–H and O–H groups in total. The van der Waals surface area contributed by atoms with Crippen molar-refractivity contribution < 1.29 is 40.9 Å². The summed E-state index contributed by atoms with van der Waals surface area (Å²) >= 11 is 0. The highest BCUT2D eigenvalue weighted by molar-refractivity contribution is 5.97. The second kappa shape index (κ2) is 8.62. The first-order chi connectivity index (χ1) is 14.2. The lowest BCUT2D eigenvalue weighted by Crippen LogP contribution is -2.46. The summed E-state index contributed by atoms with van der Waals surface area (Å²) in [6.45, 7) is 0. The SMILES string of the molecule is NC(=O)[C@@H](Cc1ccccc1[N+](=O)[O-])NC(=O)c1cc(C(F)(F)F)cc(C(F)(F)F)c1. The monoisotopic (exact) mass is 449 g/mol. The van der Waals surface area contributed by atoms with Crippen LogP contribution in [0.2, 0.25) is 0 Å². The number of hydrogen-bond donors (Lipinski definition) is 2. The predicted octanol–water partition coefficient (Wildman–Crippen LogP) is 3.46.